The number of hydrogen-bond donors (Lipinski definition) is 1. The van der Waals surface area contributed by atoms with Crippen molar-refractivity contribution in [2.24, 2.45) is 0 Å². The van der Waals surface area contributed by atoms with Crippen LogP contribution in [0.15, 0.2) is 12.1 Å². The van der Waals surface area contributed by atoms with Crippen molar-refractivity contribution < 1.29 is 14.7 Å². The SMILES string of the molecule is Cc1ccc(C)c(C(=O)N(C)C2CCCCC2)c1C(=O)O. The van der Waals surface area contributed by atoms with Gasteiger partial charge in [-0.1, -0.05) is 31.4 Å². The van der Waals surface area contributed by atoms with Gasteiger partial charge in [-0.2, -0.15) is 0 Å². The number of carbonyl (C=O) groups excluding carboxylic acids is 1. The third-order valence-corrected chi connectivity index (χ3v) is 4.49. The Labute approximate surface area is 125 Å². The van der Waals surface area contributed by atoms with E-state index in [1.54, 1.807) is 31.9 Å². The van der Waals surface area contributed by atoms with E-state index in [1.165, 1.54) is 6.42 Å². The van der Waals surface area contributed by atoms with Gasteiger partial charge in [0.2, 0.25) is 0 Å². The maximum atomic E-state index is 12.8. The van der Waals surface area contributed by atoms with Crippen molar-refractivity contribution in [3.05, 3.63) is 34.4 Å². The van der Waals surface area contributed by atoms with Gasteiger partial charge in [0.1, 0.15) is 0 Å². The molecule has 1 fully saturated rings. The number of benzene rings is 1. The molecule has 4 heteroatoms. The molecule has 0 radical (unpaired) electrons. The van der Waals surface area contributed by atoms with Gasteiger partial charge in [0.05, 0.1) is 11.1 Å². The minimum absolute atomic E-state index is 0.141. The van der Waals surface area contributed by atoms with Crippen LogP contribution in [0.2, 0.25) is 0 Å². The van der Waals surface area contributed by atoms with Crippen molar-refractivity contribution in [2.45, 2.75) is 52.0 Å². The normalized spacial score (nSPS) is 15.8. The summed E-state index contributed by atoms with van der Waals surface area (Å²) in [5.41, 5.74) is 1.84. The monoisotopic (exact) mass is 289 g/mol. The molecule has 4 nitrogen and oxygen atoms in total. The number of carboxylic acid groups (broad SMARTS) is 1. The number of aryl methyl sites for hydroxylation is 2. The summed E-state index contributed by atoms with van der Waals surface area (Å²) in [6.07, 6.45) is 5.52. The Hall–Kier alpha value is -1.84. The number of carboxylic acids is 1. The zero-order valence-electron chi connectivity index (χ0n) is 13.0. The molecule has 0 heterocycles. The number of amides is 1. The van der Waals surface area contributed by atoms with Crippen molar-refractivity contribution in [3.63, 3.8) is 0 Å². The molecule has 21 heavy (non-hydrogen) atoms. The molecule has 0 aromatic heterocycles. The van der Waals surface area contributed by atoms with Gasteiger partial charge in [-0.05, 0) is 37.8 Å². The van der Waals surface area contributed by atoms with Gasteiger partial charge >= 0.3 is 5.97 Å². The van der Waals surface area contributed by atoms with E-state index in [0.717, 1.165) is 31.2 Å². The van der Waals surface area contributed by atoms with Crippen LogP contribution in [-0.4, -0.2) is 35.0 Å². The minimum atomic E-state index is -1.03. The molecule has 114 valence electrons. The highest BCUT2D eigenvalue weighted by Crippen LogP contribution is 2.26. The van der Waals surface area contributed by atoms with Gasteiger partial charge < -0.3 is 10.0 Å². The Morgan fingerprint density at radius 3 is 2.10 bits per heavy atom. The average Bonchev–Trinajstić information content (AvgIpc) is 2.48. The molecule has 1 aromatic rings. The maximum Gasteiger partial charge on any atom is 0.336 e. The zero-order chi connectivity index (χ0) is 15.6. The molecule has 0 unspecified atom stereocenters. The summed E-state index contributed by atoms with van der Waals surface area (Å²) in [5.74, 6) is -1.20. The first kappa shape index (κ1) is 15.5. The smallest absolute Gasteiger partial charge is 0.336 e. The largest absolute Gasteiger partial charge is 0.478 e. The second-order valence-electron chi connectivity index (χ2n) is 5.96. The fourth-order valence-electron chi connectivity index (χ4n) is 3.17. The number of hydrogen-bond acceptors (Lipinski definition) is 2. The van der Waals surface area contributed by atoms with Crippen LogP contribution < -0.4 is 0 Å². The number of aromatic carboxylic acids is 1. The van der Waals surface area contributed by atoms with Crippen molar-refractivity contribution in [3.8, 4) is 0 Å². The lowest BCUT2D eigenvalue weighted by molar-refractivity contribution is 0.0653. The van der Waals surface area contributed by atoms with E-state index >= 15 is 0 Å². The molecule has 1 aromatic carbocycles. The van der Waals surface area contributed by atoms with Crippen LogP contribution in [0.1, 0.15) is 63.9 Å². The lowest BCUT2D eigenvalue weighted by Gasteiger charge is -2.32. The molecule has 0 bridgehead atoms. The molecular weight excluding hydrogens is 266 g/mol. The Morgan fingerprint density at radius 1 is 1.05 bits per heavy atom. The molecule has 1 amide bonds. The summed E-state index contributed by atoms with van der Waals surface area (Å²) in [7, 11) is 1.80. The lowest BCUT2D eigenvalue weighted by atomic mass is 9.92. The van der Waals surface area contributed by atoms with Crippen LogP contribution >= 0.6 is 0 Å². The summed E-state index contributed by atoms with van der Waals surface area (Å²) >= 11 is 0. The molecule has 0 atom stereocenters. The maximum absolute atomic E-state index is 12.8. The van der Waals surface area contributed by atoms with Gasteiger partial charge in [-0.3, -0.25) is 4.79 Å². The molecule has 2 rings (SSSR count). The summed E-state index contributed by atoms with van der Waals surface area (Å²) in [6, 6.07) is 3.81. The number of rotatable bonds is 3. The van der Waals surface area contributed by atoms with Crippen LogP contribution in [0.4, 0.5) is 0 Å². The first-order valence-electron chi connectivity index (χ1n) is 7.54. The molecule has 1 saturated carbocycles. The second-order valence-corrected chi connectivity index (χ2v) is 5.96. The van der Waals surface area contributed by atoms with Crippen molar-refractivity contribution >= 4 is 11.9 Å². The fraction of sp³-hybridized carbons (Fsp3) is 0.529. The van der Waals surface area contributed by atoms with Gasteiger partial charge in [0, 0.05) is 13.1 Å². The Bertz CT molecular complexity index is 559. The third kappa shape index (κ3) is 3.09. The van der Waals surface area contributed by atoms with Crippen molar-refractivity contribution in [1.29, 1.82) is 0 Å². The lowest BCUT2D eigenvalue weighted by Crippen LogP contribution is -2.39. The van der Waals surface area contributed by atoms with Crippen LogP contribution in [0.3, 0.4) is 0 Å². The molecular formula is C17H23NO3. The predicted octanol–water partition coefficient (Wildman–Crippen LogP) is 3.41. The molecule has 1 aliphatic carbocycles. The van der Waals surface area contributed by atoms with E-state index in [4.69, 9.17) is 0 Å². The highest BCUT2D eigenvalue weighted by molar-refractivity contribution is 6.06. The number of nitrogens with zero attached hydrogens (tertiary/aromatic N) is 1. The van der Waals surface area contributed by atoms with Crippen LogP contribution in [0.5, 0.6) is 0 Å². The minimum Gasteiger partial charge on any atom is -0.478 e. The average molecular weight is 289 g/mol. The highest BCUT2D eigenvalue weighted by atomic mass is 16.4. The molecule has 0 saturated heterocycles. The van der Waals surface area contributed by atoms with Crippen LogP contribution in [0, 0.1) is 13.8 Å². The third-order valence-electron chi connectivity index (χ3n) is 4.49. The summed E-state index contributed by atoms with van der Waals surface area (Å²) < 4.78 is 0. The van der Waals surface area contributed by atoms with E-state index in [9.17, 15) is 14.7 Å². The first-order valence-corrected chi connectivity index (χ1v) is 7.54. The van der Waals surface area contributed by atoms with E-state index in [0.29, 0.717) is 11.1 Å². The van der Waals surface area contributed by atoms with Gasteiger partial charge in [0.25, 0.3) is 5.91 Å². The van der Waals surface area contributed by atoms with E-state index in [1.807, 2.05) is 6.07 Å². The summed E-state index contributed by atoms with van der Waals surface area (Å²) in [6.45, 7) is 3.54. The molecule has 0 aliphatic heterocycles. The van der Waals surface area contributed by atoms with Crippen molar-refractivity contribution in [1.82, 2.24) is 4.90 Å². The number of carbonyl (C=O) groups is 2. The van der Waals surface area contributed by atoms with Gasteiger partial charge in [-0.15, -0.1) is 0 Å². The molecule has 0 spiro atoms. The van der Waals surface area contributed by atoms with Crippen LogP contribution in [-0.2, 0) is 0 Å². The quantitative estimate of drug-likeness (QED) is 0.927. The van der Waals surface area contributed by atoms with Gasteiger partial charge in [-0.25, -0.2) is 4.79 Å². The Balaban J connectivity index is 2.38. The van der Waals surface area contributed by atoms with Crippen LogP contribution in [0.25, 0.3) is 0 Å². The second kappa shape index (κ2) is 6.29. The van der Waals surface area contributed by atoms with E-state index in [2.05, 4.69) is 0 Å². The van der Waals surface area contributed by atoms with Crippen molar-refractivity contribution in [2.75, 3.05) is 7.05 Å². The van der Waals surface area contributed by atoms with E-state index in [-0.39, 0.29) is 17.5 Å². The van der Waals surface area contributed by atoms with E-state index < -0.39 is 5.97 Å². The van der Waals surface area contributed by atoms with Gasteiger partial charge in [0.15, 0.2) is 0 Å². The summed E-state index contributed by atoms with van der Waals surface area (Å²) in [4.78, 5) is 26.1. The molecule has 1 N–H and O–H groups in total. The Morgan fingerprint density at radius 2 is 1.57 bits per heavy atom. The topological polar surface area (TPSA) is 57.6 Å². The zero-order valence-corrected chi connectivity index (χ0v) is 13.0. The fourth-order valence-corrected chi connectivity index (χ4v) is 3.17. The summed E-state index contributed by atoms with van der Waals surface area (Å²) in [5, 5.41) is 9.44. The predicted molar refractivity (Wildman–Crippen MR) is 81.8 cm³/mol. The Kier molecular flexibility index (Phi) is 4.66. The molecule has 1 aliphatic rings. The first-order chi connectivity index (χ1) is 9.93. The highest BCUT2D eigenvalue weighted by Gasteiger charge is 2.28. The standard InChI is InChI=1S/C17H23NO3/c1-11-9-10-12(2)15(17(20)21)14(11)16(19)18(3)13-7-5-4-6-8-13/h9-10,13H,4-8H2,1-3H3,(H,20,21).